The Labute approximate surface area is 116 Å². The van der Waals surface area contributed by atoms with Gasteiger partial charge in [-0.3, -0.25) is 4.79 Å². The number of hydrogen-bond acceptors (Lipinski definition) is 2. The van der Waals surface area contributed by atoms with Crippen LogP contribution in [0.1, 0.15) is 29.0 Å². The Balaban J connectivity index is 1.87. The summed E-state index contributed by atoms with van der Waals surface area (Å²) in [6, 6.07) is 7.52. The number of nitrogens with zero attached hydrogens (tertiary/aromatic N) is 3. The molecule has 0 spiro atoms. The Bertz CT molecular complexity index is 605. The van der Waals surface area contributed by atoms with Gasteiger partial charge in [0.15, 0.2) is 0 Å². The van der Waals surface area contributed by atoms with Gasteiger partial charge >= 0.3 is 0 Å². The summed E-state index contributed by atoms with van der Waals surface area (Å²) in [4.78, 5) is 18.3. The third-order valence-electron chi connectivity index (χ3n) is 3.58. The fourth-order valence-corrected chi connectivity index (χ4v) is 2.64. The second-order valence-corrected chi connectivity index (χ2v) is 5.06. The number of aromatic nitrogens is 2. The Hall–Kier alpha value is -1.81. The molecule has 0 saturated carbocycles. The summed E-state index contributed by atoms with van der Waals surface area (Å²) < 4.78 is 2.19. The van der Waals surface area contributed by atoms with Crippen LogP contribution in [0.25, 0.3) is 0 Å². The van der Waals surface area contributed by atoms with Crippen molar-refractivity contribution in [1.29, 1.82) is 0 Å². The molecule has 1 aliphatic rings. The van der Waals surface area contributed by atoms with E-state index < -0.39 is 0 Å². The van der Waals surface area contributed by atoms with Gasteiger partial charge in [0.1, 0.15) is 5.15 Å². The van der Waals surface area contributed by atoms with Crippen LogP contribution in [0.15, 0.2) is 36.7 Å². The van der Waals surface area contributed by atoms with Crippen molar-refractivity contribution in [2.24, 2.45) is 0 Å². The zero-order chi connectivity index (χ0) is 13.4. The number of carbonyl (C=O) groups is 1. The predicted octanol–water partition coefficient (Wildman–Crippen LogP) is 2.75. The third kappa shape index (κ3) is 2.12. The van der Waals surface area contributed by atoms with E-state index in [0.717, 1.165) is 6.54 Å². The zero-order valence-electron chi connectivity index (χ0n) is 10.6. The lowest BCUT2D eigenvalue weighted by Gasteiger charge is -2.35. The quantitative estimate of drug-likeness (QED) is 0.751. The molecule has 5 heteroatoms. The number of pyridine rings is 1. The molecular weight excluding hydrogens is 262 g/mol. The molecule has 0 N–H and O–H groups in total. The van der Waals surface area contributed by atoms with Crippen molar-refractivity contribution < 1.29 is 4.79 Å². The van der Waals surface area contributed by atoms with Gasteiger partial charge in [-0.25, -0.2) is 4.98 Å². The van der Waals surface area contributed by atoms with Crippen molar-refractivity contribution in [1.82, 2.24) is 14.5 Å². The summed E-state index contributed by atoms with van der Waals surface area (Å²) in [5.41, 5.74) is 1.75. The highest BCUT2D eigenvalue weighted by molar-refractivity contribution is 6.29. The summed E-state index contributed by atoms with van der Waals surface area (Å²) in [6.45, 7) is 3.59. The second-order valence-electron chi connectivity index (χ2n) is 4.67. The first-order valence-electron chi connectivity index (χ1n) is 6.24. The van der Waals surface area contributed by atoms with Gasteiger partial charge < -0.3 is 9.47 Å². The van der Waals surface area contributed by atoms with E-state index in [1.807, 2.05) is 17.9 Å². The van der Waals surface area contributed by atoms with Crippen LogP contribution < -0.4 is 0 Å². The first-order valence-corrected chi connectivity index (χ1v) is 6.62. The Kier molecular flexibility index (Phi) is 3.03. The Morgan fingerprint density at radius 3 is 2.95 bits per heavy atom. The van der Waals surface area contributed by atoms with Gasteiger partial charge in [0.2, 0.25) is 0 Å². The molecule has 0 radical (unpaired) electrons. The van der Waals surface area contributed by atoms with Crippen LogP contribution in [-0.2, 0) is 6.54 Å². The zero-order valence-corrected chi connectivity index (χ0v) is 11.3. The minimum absolute atomic E-state index is 0.00381. The minimum atomic E-state index is 0.00381. The molecule has 0 aromatic carbocycles. The second kappa shape index (κ2) is 4.70. The largest absolute Gasteiger partial charge is 0.348 e. The predicted molar refractivity (Wildman–Crippen MR) is 73.1 cm³/mol. The smallest absolute Gasteiger partial charge is 0.256 e. The summed E-state index contributed by atoms with van der Waals surface area (Å²) in [5.74, 6) is 0.00381. The maximum absolute atomic E-state index is 12.5. The number of rotatable bonds is 1. The van der Waals surface area contributed by atoms with Gasteiger partial charge in [0.25, 0.3) is 5.91 Å². The molecule has 1 atom stereocenters. The minimum Gasteiger partial charge on any atom is -0.348 e. The average molecular weight is 276 g/mol. The lowest BCUT2D eigenvalue weighted by atomic mass is 10.1. The Morgan fingerprint density at radius 1 is 1.37 bits per heavy atom. The average Bonchev–Trinajstić information content (AvgIpc) is 2.88. The van der Waals surface area contributed by atoms with Gasteiger partial charge in [0.05, 0.1) is 11.6 Å². The molecule has 0 saturated heterocycles. The number of fused-ring (bicyclic) bond motifs is 1. The van der Waals surface area contributed by atoms with E-state index in [0.29, 0.717) is 17.3 Å². The summed E-state index contributed by atoms with van der Waals surface area (Å²) in [5, 5.41) is 0.400. The van der Waals surface area contributed by atoms with Crippen LogP contribution >= 0.6 is 11.6 Å². The molecule has 3 rings (SSSR count). The van der Waals surface area contributed by atoms with Crippen molar-refractivity contribution in [3.8, 4) is 0 Å². The van der Waals surface area contributed by atoms with Crippen LogP contribution in [0.2, 0.25) is 5.15 Å². The fourth-order valence-electron chi connectivity index (χ4n) is 2.52. The van der Waals surface area contributed by atoms with Crippen molar-refractivity contribution in [3.63, 3.8) is 0 Å². The molecule has 2 aromatic rings. The molecule has 4 nitrogen and oxygen atoms in total. The number of carbonyl (C=O) groups excluding carboxylic acids is 1. The number of amides is 1. The van der Waals surface area contributed by atoms with Crippen LogP contribution in [0.4, 0.5) is 0 Å². The summed E-state index contributed by atoms with van der Waals surface area (Å²) >= 11 is 5.74. The maximum Gasteiger partial charge on any atom is 0.256 e. The van der Waals surface area contributed by atoms with E-state index in [4.69, 9.17) is 11.6 Å². The van der Waals surface area contributed by atoms with Crippen LogP contribution in [0, 0.1) is 0 Å². The Morgan fingerprint density at radius 2 is 2.21 bits per heavy atom. The van der Waals surface area contributed by atoms with E-state index in [9.17, 15) is 4.79 Å². The van der Waals surface area contributed by atoms with E-state index >= 15 is 0 Å². The highest BCUT2D eigenvalue weighted by atomic mass is 35.5. The molecule has 1 amide bonds. The van der Waals surface area contributed by atoms with Gasteiger partial charge in [-0.05, 0) is 31.2 Å². The normalized spacial score (nSPS) is 18.2. The van der Waals surface area contributed by atoms with Crippen molar-refractivity contribution in [2.75, 3.05) is 6.54 Å². The van der Waals surface area contributed by atoms with Crippen molar-refractivity contribution in [2.45, 2.75) is 19.5 Å². The molecule has 98 valence electrons. The van der Waals surface area contributed by atoms with Gasteiger partial charge in [-0.1, -0.05) is 11.6 Å². The van der Waals surface area contributed by atoms with Gasteiger partial charge in [0, 0.05) is 31.2 Å². The first kappa shape index (κ1) is 12.2. The highest BCUT2D eigenvalue weighted by Crippen LogP contribution is 2.26. The van der Waals surface area contributed by atoms with Crippen LogP contribution in [0.3, 0.4) is 0 Å². The topological polar surface area (TPSA) is 38.1 Å². The monoisotopic (exact) mass is 275 g/mol. The molecule has 0 bridgehead atoms. The summed E-state index contributed by atoms with van der Waals surface area (Å²) in [6.07, 6.45) is 3.59. The van der Waals surface area contributed by atoms with Crippen molar-refractivity contribution in [3.05, 3.63) is 53.1 Å². The fraction of sp³-hybridized carbons (Fsp3) is 0.286. The van der Waals surface area contributed by atoms with Gasteiger partial charge in [-0.2, -0.15) is 0 Å². The highest BCUT2D eigenvalue weighted by Gasteiger charge is 2.28. The molecule has 3 heterocycles. The third-order valence-corrected chi connectivity index (χ3v) is 3.80. The van der Waals surface area contributed by atoms with E-state index in [-0.39, 0.29) is 11.9 Å². The van der Waals surface area contributed by atoms with E-state index in [1.54, 1.807) is 12.1 Å². The molecule has 2 aromatic heterocycles. The summed E-state index contributed by atoms with van der Waals surface area (Å²) in [7, 11) is 0. The molecule has 0 fully saturated rings. The molecular formula is C14H14ClN3O. The molecule has 19 heavy (non-hydrogen) atoms. The molecule has 0 aliphatic carbocycles. The SMILES string of the molecule is C[C@@H]1c2cccn2CCN1C(=O)c1ccc(Cl)nc1. The number of halogens is 1. The van der Waals surface area contributed by atoms with Crippen LogP contribution in [-0.4, -0.2) is 26.9 Å². The number of hydrogen-bond donors (Lipinski definition) is 0. The molecule has 0 unspecified atom stereocenters. The lowest BCUT2D eigenvalue weighted by molar-refractivity contribution is 0.0643. The van der Waals surface area contributed by atoms with Gasteiger partial charge in [-0.15, -0.1) is 0 Å². The van der Waals surface area contributed by atoms with E-state index in [2.05, 4.69) is 21.8 Å². The standard InChI is InChI=1S/C14H14ClN3O/c1-10-12-3-2-6-17(12)7-8-18(10)14(19)11-4-5-13(15)16-9-11/h2-6,9-10H,7-8H2,1H3/t10-/m1/s1. The van der Waals surface area contributed by atoms with E-state index in [1.165, 1.54) is 11.9 Å². The van der Waals surface area contributed by atoms with Crippen LogP contribution in [0.5, 0.6) is 0 Å². The van der Waals surface area contributed by atoms with Crippen molar-refractivity contribution >= 4 is 17.5 Å². The lowest BCUT2D eigenvalue weighted by Crippen LogP contribution is -2.40. The molecule has 1 aliphatic heterocycles. The first-order chi connectivity index (χ1) is 9.16. The maximum atomic E-state index is 12.5.